The zero-order valence-electron chi connectivity index (χ0n) is 8.91. The number of nitrogens with zero attached hydrogens (tertiary/aromatic N) is 2. The topological polar surface area (TPSA) is 55.3 Å². The molecular formula is C11H17N3O. The molecule has 2 aliphatic heterocycles. The summed E-state index contributed by atoms with van der Waals surface area (Å²) in [4.78, 5) is 2.56. The number of nitrogens with two attached hydrogens (primary N) is 1. The SMILES string of the molecule is NCc1cc(C23CCCN2CCC3)no1. The number of rotatable bonds is 2. The van der Waals surface area contributed by atoms with Crippen molar-refractivity contribution in [2.75, 3.05) is 13.1 Å². The van der Waals surface area contributed by atoms with Crippen LogP contribution >= 0.6 is 0 Å². The monoisotopic (exact) mass is 207 g/mol. The second-order valence-electron chi connectivity index (χ2n) is 4.61. The summed E-state index contributed by atoms with van der Waals surface area (Å²) in [6.07, 6.45) is 5.02. The molecule has 0 aliphatic carbocycles. The highest BCUT2D eigenvalue weighted by Crippen LogP contribution is 2.46. The van der Waals surface area contributed by atoms with E-state index < -0.39 is 0 Å². The van der Waals surface area contributed by atoms with Crippen LogP contribution in [0.3, 0.4) is 0 Å². The molecule has 82 valence electrons. The van der Waals surface area contributed by atoms with Crippen LogP contribution in [-0.4, -0.2) is 23.1 Å². The van der Waals surface area contributed by atoms with Gasteiger partial charge in [0.05, 0.1) is 12.1 Å². The maximum absolute atomic E-state index is 5.55. The predicted molar refractivity (Wildman–Crippen MR) is 56.1 cm³/mol. The fourth-order valence-electron chi connectivity index (χ4n) is 3.15. The van der Waals surface area contributed by atoms with Gasteiger partial charge in [0.2, 0.25) is 0 Å². The Balaban J connectivity index is 1.97. The first-order chi connectivity index (χ1) is 7.35. The van der Waals surface area contributed by atoms with Crippen molar-refractivity contribution < 1.29 is 4.52 Å². The number of fused-ring (bicyclic) bond motifs is 1. The van der Waals surface area contributed by atoms with Crippen molar-refractivity contribution in [3.8, 4) is 0 Å². The Bertz CT molecular complexity index is 350. The molecule has 0 aromatic carbocycles. The molecule has 0 amide bonds. The molecule has 2 aliphatic rings. The summed E-state index contributed by atoms with van der Waals surface area (Å²) in [6.45, 7) is 2.87. The van der Waals surface area contributed by atoms with E-state index in [4.69, 9.17) is 10.3 Å². The predicted octanol–water partition coefficient (Wildman–Crippen LogP) is 1.22. The number of aromatic nitrogens is 1. The summed E-state index contributed by atoms with van der Waals surface area (Å²) in [7, 11) is 0. The standard InChI is InChI=1S/C11H17N3O/c12-8-9-7-10(13-15-9)11-3-1-5-14(11)6-2-4-11/h7H,1-6,8,12H2. The first-order valence-electron chi connectivity index (χ1n) is 5.76. The second-order valence-corrected chi connectivity index (χ2v) is 4.61. The smallest absolute Gasteiger partial charge is 0.150 e. The molecule has 0 unspecified atom stereocenters. The average molecular weight is 207 g/mol. The van der Waals surface area contributed by atoms with Gasteiger partial charge in [-0.25, -0.2) is 0 Å². The van der Waals surface area contributed by atoms with E-state index in [2.05, 4.69) is 10.1 Å². The van der Waals surface area contributed by atoms with Gasteiger partial charge in [0.1, 0.15) is 5.69 Å². The molecule has 4 nitrogen and oxygen atoms in total. The third-order valence-electron chi connectivity index (χ3n) is 3.88. The van der Waals surface area contributed by atoms with Gasteiger partial charge in [-0.2, -0.15) is 0 Å². The third-order valence-corrected chi connectivity index (χ3v) is 3.88. The van der Waals surface area contributed by atoms with E-state index in [1.807, 2.05) is 6.07 Å². The highest BCUT2D eigenvalue weighted by molar-refractivity contribution is 5.20. The third kappa shape index (κ3) is 1.25. The first-order valence-corrected chi connectivity index (χ1v) is 5.76. The molecule has 1 aromatic heterocycles. The summed E-state index contributed by atoms with van der Waals surface area (Å²) in [5.74, 6) is 0.804. The van der Waals surface area contributed by atoms with Gasteiger partial charge in [-0.05, 0) is 38.8 Å². The minimum atomic E-state index is 0.191. The quantitative estimate of drug-likeness (QED) is 0.792. The number of hydrogen-bond donors (Lipinski definition) is 1. The molecule has 4 heteroatoms. The molecule has 1 aromatic rings. The maximum atomic E-state index is 5.55. The minimum Gasteiger partial charge on any atom is -0.360 e. The van der Waals surface area contributed by atoms with Crippen molar-refractivity contribution in [1.29, 1.82) is 0 Å². The van der Waals surface area contributed by atoms with Crippen LogP contribution in [0.1, 0.15) is 37.1 Å². The van der Waals surface area contributed by atoms with Crippen LogP contribution in [0.15, 0.2) is 10.6 Å². The van der Waals surface area contributed by atoms with Gasteiger partial charge in [-0.15, -0.1) is 0 Å². The fraction of sp³-hybridized carbons (Fsp3) is 0.727. The lowest BCUT2D eigenvalue weighted by atomic mass is 9.90. The highest BCUT2D eigenvalue weighted by atomic mass is 16.5. The van der Waals surface area contributed by atoms with Crippen LogP contribution in [-0.2, 0) is 12.1 Å². The summed E-state index contributed by atoms with van der Waals surface area (Å²) in [5, 5.41) is 4.21. The van der Waals surface area contributed by atoms with E-state index in [0.29, 0.717) is 6.54 Å². The van der Waals surface area contributed by atoms with E-state index >= 15 is 0 Å². The molecule has 0 atom stereocenters. The Morgan fingerprint density at radius 1 is 1.40 bits per heavy atom. The zero-order chi connectivity index (χ0) is 10.3. The van der Waals surface area contributed by atoms with Gasteiger partial charge < -0.3 is 10.3 Å². The van der Waals surface area contributed by atoms with Gasteiger partial charge in [0, 0.05) is 6.07 Å². The van der Waals surface area contributed by atoms with Gasteiger partial charge in [-0.1, -0.05) is 5.16 Å². The van der Waals surface area contributed by atoms with Crippen LogP contribution in [0.5, 0.6) is 0 Å². The largest absolute Gasteiger partial charge is 0.360 e. The second kappa shape index (κ2) is 3.32. The zero-order valence-corrected chi connectivity index (χ0v) is 8.91. The molecule has 0 spiro atoms. The average Bonchev–Trinajstić information content (AvgIpc) is 2.91. The Morgan fingerprint density at radius 2 is 2.13 bits per heavy atom. The number of hydrogen-bond acceptors (Lipinski definition) is 4. The lowest BCUT2D eigenvalue weighted by Crippen LogP contribution is -2.35. The Hall–Kier alpha value is -0.870. The Kier molecular flexibility index (Phi) is 2.07. The van der Waals surface area contributed by atoms with Crippen LogP contribution in [0.25, 0.3) is 0 Å². The van der Waals surface area contributed by atoms with Crippen molar-refractivity contribution >= 4 is 0 Å². The molecular weight excluding hydrogens is 190 g/mol. The van der Waals surface area contributed by atoms with Crippen molar-refractivity contribution in [1.82, 2.24) is 10.1 Å². The molecule has 0 saturated carbocycles. The summed E-state index contributed by atoms with van der Waals surface area (Å²) < 4.78 is 5.23. The Labute approximate surface area is 89.4 Å². The van der Waals surface area contributed by atoms with E-state index in [1.165, 1.54) is 38.8 Å². The summed E-state index contributed by atoms with van der Waals surface area (Å²) in [5.41, 5.74) is 6.85. The molecule has 2 fully saturated rings. The van der Waals surface area contributed by atoms with Gasteiger partial charge in [0.25, 0.3) is 0 Å². The normalized spacial score (nSPS) is 24.6. The highest BCUT2D eigenvalue weighted by Gasteiger charge is 2.47. The molecule has 2 saturated heterocycles. The summed E-state index contributed by atoms with van der Waals surface area (Å²) >= 11 is 0. The van der Waals surface area contributed by atoms with Crippen LogP contribution in [0.2, 0.25) is 0 Å². The van der Waals surface area contributed by atoms with E-state index in [0.717, 1.165) is 11.5 Å². The molecule has 15 heavy (non-hydrogen) atoms. The minimum absolute atomic E-state index is 0.191. The summed E-state index contributed by atoms with van der Waals surface area (Å²) in [6, 6.07) is 2.05. The van der Waals surface area contributed by atoms with Crippen LogP contribution in [0, 0.1) is 0 Å². The Morgan fingerprint density at radius 3 is 2.73 bits per heavy atom. The van der Waals surface area contributed by atoms with Gasteiger partial charge >= 0.3 is 0 Å². The van der Waals surface area contributed by atoms with Crippen molar-refractivity contribution in [2.24, 2.45) is 5.73 Å². The molecule has 0 bridgehead atoms. The van der Waals surface area contributed by atoms with Crippen molar-refractivity contribution in [3.05, 3.63) is 17.5 Å². The lowest BCUT2D eigenvalue weighted by molar-refractivity contribution is 0.184. The molecule has 3 rings (SSSR count). The van der Waals surface area contributed by atoms with Crippen molar-refractivity contribution in [2.45, 2.75) is 37.8 Å². The van der Waals surface area contributed by atoms with E-state index in [-0.39, 0.29) is 5.54 Å². The lowest BCUT2D eigenvalue weighted by Gasteiger charge is -2.29. The maximum Gasteiger partial charge on any atom is 0.150 e. The van der Waals surface area contributed by atoms with Gasteiger partial charge in [0.15, 0.2) is 5.76 Å². The van der Waals surface area contributed by atoms with Crippen LogP contribution < -0.4 is 5.73 Å². The molecule has 2 N–H and O–H groups in total. The molecule has 0 radical (unpaired) electrons. The van der Waals surface area contributed by atoms with Gasteiger partial charge in [-0.3, -0.25) is 4.90 Å². The molecule has 3 heterocycles. The van der Waals surface area contributed by atoms with Crippen LogP contribution in [0.4, 0.5) is 0 Å². The van der Waals surface area contributed by atoms with E-state index in [1.54, 1.807) is 0 Å². The van der Waals surface area contributed by atoms with E-state index in [9.17, 15) is 0 Å². The fourth-order valence-corrected chi connectivity index (χ4v) is 3.15. The van der Waals surface area contributed by atoms with Crippen molar-refractivity contribution in [3.63, 3.8) is 0 Å². The first kappa shape index (κ1) is 9.36.